The van der Waals surface area contributed by atoms with E-state index in [0.29, 0.717) is 33.2 Å². The Morgan fingerprint density at radius 1 is 0.923 bits per heavy atom. The number of aliphatic hydroxyl groups is 2. The predicted octanol–water partition coefficient (Wildman–Crippen LogP) is 0.528. The smallest absolute Gasteiger partial charge is 0.243 e. The molecule has 0 saturated heterocycles. The van der Waals surface area contributed by atoms with Gasteiger partial charge >= 0.3 is 0 Å². The Balaban J connectivity index is 2.19. The van der Waals surface area contributed by atoms with Gasteiger partial charge in [0.15, 0.2) is 0 Å². The Labute approximate surface area is 150 Å². The fourth-order valence-corrected chi connectivity index (χ4v) is 4.30. The van der Waals surface area contributed by atoms with Crippen LogP contribution in [0.5, 0.6) is 0 Å². The molecule has 3 rings (SSSR count). The molecule has 0 bridgehead atoms. The second kappa shape index (κ2) is 7.04. The van der Waals surface area contributed by atoms with Crippen LogP contribution < -0.4 is 11.5 Å². The molecule has 0 aliphatic carbocycles. The average molecular weight is 376 g/mol. The summed E-state index contributed by atoms with van der Waals surface area (Å²) in [7, 11) is -3.89. The minimum atomic E-state index is -3.89. The van der Waals surface area contributed by atoms with Crippen LogP contribution in [0.4, 0.5) is 11.4 Å². The zero-order chi connectivity index (χ0) is 18.9. The van der Waals surface area contributed by atoms with Crippen molar-refractivity contribution in [1.82, 2.24) is 9.29 Å². The Morgan fingerprint density at radius 3 is 2.12 bits per heavy atom. The van der Waals surface area contributed by atoms with Gasteiger partial charge in [0.1, 0.15) is 0 Å². The molecule has 0 atom stereocenters. The van der Waals surface area contributed by atoms with Crippen LogP contribution in [-0.2, 0) is 10.0 Å². The van der Waals surface area contributed by atoms with E-state index in [1.807, 2.05) is 0 Å². The quantitative estimate of drug-likeness (QED) is 0.363. The van der Waals surface area contributed by atoms with Crippen LogP contribution in [0.25, 0.3) is 21.8 Å². The summed E-state index contributed by atoms with van der Waals surface area (Å²) in [6.07, 6.45) is 0. The fourth-order valence-electron chi connectivity index (χ4n) is 2.85. The highest BCUT2D eigenvalue weighted by atomic mass is 32.2. The predicted molar refractivity (Wildman–Crippen MR) is 101 cm³/mol. The fraction of sp³-hybridized carbons (Fsp3) is 0.235. The van der Waals surface area contributed by atoms with Crippen molar-refractivity contribution in [3.05, 3.63) is 36.4 Å². The molecule has 3 aromatic rings. The van der Waals surface area contributed by atoms with Crippen molar-refractivity contribution >= 4 is 43.2 Å². The lowest BCUT2D eigenvalue weighted by Crippen LogP contribution is -2.35. The minimum absolute atomic E-state index is 0.0173. The Kier molecular flexibility index (Phi) is 4.97. The van der Waals surface area contributed by atoms with Crippen LogP contribution in [0.2, 0.25) is 0 Å². The first-order valence-electron chi connectivity index (χ1n) is 7.99. The van der Waals surface area contributed by atoms with Gasteiger partial charge in [-0.25, -0.2) is 13.4 Å². The number of aliphatic hydroxyl groups excluding tert-OH is 2. The van der Waals surface area contributed by atoms with Gasteiger partial charge in [-0.15, -0.1) is 0 Å². The molecular formula is C17H20N4O4S. The normalized spacial score (nSPS) is 12.3. The van der Waals surface area contributed by atoms with Crippen molar-refractivity contribution in [2.45, 2.75) is 4.90 Å². The van der Waals surface area contributed by atoms with Crippen molar-refractivity contribution < 1.29 is 18.6 Å². The number of anilines is 2. The molecule has 1 aromatic heterocycles. The molecule has 9 heteroatoms. The largest absolute Gasteiger partial charge is 0.399 e. The number of aromatic nitrogens is 1. The number of fused-ring (bicyclic) bond motifs is 2. The SMILES string of the molecule is Nc1ccc2nc3ccc(S(=O)(=O)N(CCO)CCO)cc3c(N)c2c1. The first-order valence-corrected chi connectivity index (χ1v) is 9.43. The molecule has 0 saturated carbocycles. The van der Waals surface area contributed by atoms with E-state index >= 15 is 0 Å². The van der Waals surface area contributed by atoms with Crippen molar-refractivity contribution in [2.24, 2.45) is 0 Å². The Morgan fingerprint density at radius 2 is 1.50 bits per heavy atom. The minimum Gasteiger partial charge on any atom is -0.399 e. The van der Waals surface area contributed by atoms with Crippen molar-refractivity contribution in [2.75, 3.05) is 37.8 Å². The molecule has 26 heavy (non-hydrogen) atoms. The van der Waals surface area contributed by atoms with Gasteiger partial charge in [-0.2, -0.15) is 4.31 Å². The highest BCUT2D eigenvalue weighted by molar-refractivity contribution is 7.89. The molecule has 2 aromatic carbocycles. The lowest BCUT2D eigenvalue weighted by atomic mass is 10.1. The Bertz CT molecular complexity index is 1060. The van der Waals surface area contributed by atoms with Crippen molar-refractivity contribution in [3.63, 3.8) is 0 Å². The first kappa shape index (κ1) is 18.3. The lowest BCUT2D eigenvalue weighted by molar-refractivity contribution is 0.217. The van der Waals surface area contributed by atoms with Crippen LogP contribution in [0, 0.1) is 0 Å². The molecule has 8 nitrogen and oxygen atoms in total. The summed E-state index contributed by atoms with van der Waals surface area (Å²) in [4.78, 5) is 4.51. The van der Waals surface area contributed by atoms with E-state index in [9.17, 15) is 8.42 Å². The number of benzene rings is 2. The average Bonchev–Trinajstić information content (AvgIpc) is 2.62. The van der Waals surface area contributed by atoms with E-state index in [0.717, 1.165) is 4.31 Å². The summed E-state index contributed by atoms with van der Waals surface area (Å²) in [5.41, 5.74) is 14.2. The van der Waals surface area contributed by atoms with E-state index in [1.54, 1.807) is 24.3 Å². The van der Waals surface area contributed by atoms with Crippen molar-refractivity contribution in [1.29, 1.82) is 0 Å². The second-order valence-electron chi connectivity index (χ2n) is 5.83. The number of nitrogens with two attached hydrogens (primary N) is 2. The molecule has 0 aliphatic heterocycles. The van der Waals surface area contributed by atoms with Crippen LogP contribution in [0.1, 0.15) is 0 Å². The number of nitrogen functional groups attached to an aromatic ring is 2. The third-order valence-corrected chi connectivity index (χ3v) is 6.04. The molecule has 138 valence electrons. The summed E-state index contributed by atoms with van der Waals surface area (Å²) in [5, 5.41) is 19.4. The number of rotatable bonds is 6. The van der Waals surface area contributed by atoms with E-state index in [1.165, 1.54) is 12.1 Å². The highest BCUT2D eigenvalue weighted by Gasteiger charge is 2.24. The van der Waals surface area contributed by atoms with Crippen LogP contribution in [0.15, 0.2) is 41.3 Å². The summed E-state index contributed by atoms with van der Waals surface area (Å²) in [6.45, 7) is -0.910. The van der Waals surface area contributed by atoms with Gasteiger partial charge in [-0.1, -0.05) is 0 Å². The van der Waals surface area contributed by atoms with Gasteiger partial charge in [0.05, 0.1) is 34.8 Å². The maximum absolute atomic E-state index is 12.8. The number of hydrogen-bond donors (Lipinski definition) is 4. The van der Waals surface area contributed by atoms with Gasteiger partial charge in [0.25, 0.3) is 0 Å². The molecular weight excluding hydrogens is 356 g/mol. The van der Waals surface area contributed by atoms with Crippen LogP contribution in [-0.4, -0.2) is 54.2 Å². The molecule has 0 unspecified atom stereocenters. The second-order valence-corrected chi connectivity index (χ2v) is 7.77. The highest BCUT2D eigenvalue weighted by Crippen LogP contribution is 2.31. The van der Waals surface area contributed by atoms with E-state index < -0.39 is 10.0 Å². The zero-order valence-corrected chi connectivity index (χ0v) is 14.8. The van der Waals surface area contributed by atoms with Crippen LogP contribution >= 0.6 is 0 Å². The molecule has 1 heterocycles. The maximum Gasteiger partial charge on any atom is 0.243 e. The monoisotopic (exact) mass is 376 g/mol. The first-order chi connectivity index (χ1) is 12.4. The summed E-state index contributed by atoms with van der Waals surface area (Å²) < 4.78 is 26.6. The van der Waals surface area contributed by atoms with Gasteiger partial charge in [-0.3, -0.25) is 0 Å². The number of nitrogens with zero attached hydrogens (tertiary/aromatic N) is 2. The third kappa shape index (κ3) is 3.17. The zero-order valence-electron chi connectivity index (χ0n) is 14.0. The van der Waals surface area contributed by atoms with E-state index in [2.05, 4.69) is 4.98 Å². The van der Waals surface area contributed by atoms with Gasteiger partial charge in [0, 0.05) is 29.5 Å². The molecule has 0 radical (unpaired) electrons. The van der Waals surface area contributed by atoms with E-state index in [4.69, 9.17) is 21.7 Å². The topological polar surface area (TPSA) is 143 Å². The molecule has 0 aliphatic rings. The summed E-state index contributed by atoms with van der Waals surface area (Å²) in [6, 6.07) is 9.66. The molecule has 0 fully saturated rings. The molecule has 0 spiro atoms. The molecule has 0 amide bonds. The third-order valence-electron chi connectivity index (χ3n) is 4.15. The van der Waals surface area contributed by atoms with Crippen LogP contribution in [0.3, 0.4) is 0 Å². The van der Waals surface area contributed by atoms with Gasteiger partial charge in [-0.05, 0) is 36.4 Å². The standard InChI is InChI=1S/C17H20N4O4S/c18-11-1-3-15-13(9-11)17(19)14-10-12(2-4-16(14)20-15)26(24,25)21(5-7-22)6-8-23/h1-4,9-10,22-23H,5-8,18H2,(H2,19,20). The van der Waals surface area contributed by atoms with Crippen molar-refractivity contribution in [3.8, 4) is 0 Å². The number of sulfonamides is 1. The maximum atomic E-state index is 12.8. The molecule has 6 N–H and O–H groups in total. The van der Waals surface area contributed by atoms with Gasteiger partial charge in [0.2, 0.25) is 10.0 Å². The summed E-state index contributed by atoms with van der Waals surface area (Å²) >= 11 is 0. The summed E-state index contributed by atoms with van der Waals surface area (Å²) in [5.74, 6) is 0. The number of hydrogen-bond acceptors (Lipinski definition) is 7. The van der Waals surface area contributed by atoms with E-state index in [-0.39, 0.29) is 31.2 Å². The Hall–Kier alpha value is -2.46. The lowest BCUT2D eigenvalue weighted by Gasteiger charge is -2.20. The van der Waals surface area contributed by atoms with Gasteiger partial charge < -0.3 is 21.7 Å². The number of pyridine rings is 1.